The Labute approximate surface area is 211 Å². The molecule has 1 aliphatic rings. The first-order valence-corrected chi connectivity index (χ1v) is 12.8. The maximum atomic E-state index is 13.4. The maximum absolute atomic E-state index is 13.4. The second-order valence-electron chi connectivity index (χ2n) is 8.62. The summed E-state index contributed by atoms with van der Waals surface area (Å²) in [4.78, 5) is 28.4. The van der Waals surface area contributed by atoms with Crippen LogP contribution in [0.15, 0.2) is 42.5 Å². The number of rotatable bonds is 9. The molecule has 2 aromatic rings. The van der Waals surface area contributed by atoms with Crippen LogP contribution < -0.4 is 5.32 Å². The summed E-state index contributed by atoms with van der Waals surface area (Å²) in [6.45, 7) is 2.18. The van der Waals surface area contributed by atoms with Crippen LogP contribution in [0.1, 0.15) is 63.0 Å². The summed E-state index contributed by atoms with van der Waals surface area (Å²) in [6, 6.07) is 12.3. The molecule has 178 valence electrons. The zero-order chi connectivity index (χ0) is 23.8. The van der Waals surface area contributed by atoms with Crippen LogP contribution in [0.2, 0.25) is 15.1 Å². The van der Waals surface area contributed by atoms with Crippen LogP contribution in [0.25, 0.3) is 0 Å². The van der Waals surface area contributed by atoms with Crippen LogP contribution in [0.3, 0.4) is 0 Å². The topological polar surface area (TPSA) is 49.4 Å². The van der Waals surface area contributed by atoms with Gasteiger partial charge in [-0.15, -0.1) is 0 Å². The van der Waals surface area contributed by atoms with Gasteiger partial charge in [0, 0.05) is 34.1 Å². The zero-order valence-corrected chi connectivity index (χ0v) is 21.2. The highest BCUT2D eigenvalue weighted by molar-refractivity contribution is 6.35. The summed E-state index contributed by atoms with van der Waals surface area (Å²) in [5.41, 5.74) is 1.67. The van der Waals surface area contributed by atoms with Crippen molar-refractivity contribution in [3.8, 4) is 0 Å². The van der Waals surface area contributed by atoms with Gasteiger partial charge in [-0.2, -0.15) is 0 Å². The molecule has 0 spiro atoms. The van der Waals surface area contributed by atoms with E-state index in [9.17, 15) is 9.59 Å². The minimum Gasteiger partial charge on any atom is -0.352 e. The highest BCUT2D eigenvalue weighted by Gasteiger charge is 2.30. The van der Waals surface area contributed by atoms with Gasteiger partial charge in [0.15, 0.2) is 0 Å². The Hall–Kier alpha value is -1.75. The van der Waals surface area contributed by atoms with Crippen LogP contribution in [-0.2, 0) is 22.6 Å². The summed E-state index contributed by atoms with van der Waals surface area (Å²) in [7, 11) is 0. The van der Waals surface area contributed by atoms with Gasteiger partial charge in [-0.05, 0) is 55.0 Å². The van der Waals surface area contributed by atoms with E-state index in [4.69, 9.17) is 34.8 Å². The number of amides is 2. The van der Waals surface area contributed by atoms with Gasteiger partial charge in [-0.1, -0.05) is 85.3 Å². The molecule has 0 aromatic heterocycles. The quantitative estimate of drug-likeness (QED) is 0.402. The summed E-state index contributed by atoms with van der Waals surface area (Å²) >= 11 is 18.8. The smallest absolute Gasteiger partial charge is 0.243 e. The molecule has 7 heteroatoms. The molecular formula is C26H31Cl3N2O2. The lowest BCUT2D eigenvalue weighted by atomic mass is 9.95. The molecule has 1 aliphatic carbocycles. The highest BCUT2D eigenvalue weighted by Crippen LogP contribution is 2.25. The first kappa shape index (κ1) is 25.9. The van der Waals surface area contributed by atoms with Crippen molar-refractivity contribution < 1.29 is 9.59 Å². The Balaban J connectivity index is 1.79. The molecule has 0 radical (unpaired) electrons. The first-order chi connectivity index (χ1) is 15.9. The van der Waals surface area contributed by atoms with E-state index in [2.05, 4.69) is 5.32 Å². The van der Waals surface area contributed by atoms with Crippen molar-refractivity contribution in [2.75, 3.05) is 0 Å². The molecule has 1 saturated carbocycles. The predicted octanol–water partition coefficient (Wildman–Crippen LogP) is 6.84. The molecule has 1 atom stereocenters. The third kappa shape index (κ3) is 7.37. The van der Waals surface area contributed by atoms with Crippen LogP contribution in [0.4, 0.5) is 0 Å². The third-order valence-corrected chi connectivity index (χ3v) is 7.21. The Morgan fingerprint density at radius 3 is 2.39 bits per heavy atom. The number of nitrogens with zero attached hydrogens (tertiary/aromatic N) is 1. The average Bonchev–Trinajstić information content (AvgIpc) is 2.80. The van der Waals surface area contributed by atoms with Crippen LogP contribution in [0.5, 0.6) is 0 Å². The molecule has 3 rings (SSSR count). The fourth-order valence-corrected chi connectivity index (χ4v) is 5.08. The lowest BCUT2D eigenvalue weighted by molar-refractivity contribution is -0.141. The molecule has 4 nitrogen and oxygen atoms in total. The van der Waals surface area contributed by atoms with E-state index in [1.165, 1.54) is 6.42 Å². The van der Waals surface area contributed by atoms with E-state index < -0.39 is 6.04 Å². The summed E-state index contributed by atoms with van der Waals surface area (Å²) in [5.74, 6) is -0.202. The maximum Gasteiger partial charge on any atom is 0.243 e. The summed E-state index contributed by atoms with van der Waals surface area (Å²) in [5, 5.41) is 4.84. The summed E-state index contributed by atoms with van der Waals surface area (Å²) < 4.78 is 0. The van der Waals surface area contributed by atoms with Gasteiger partial charge in [-0.25, -0.2) is 0 Å². The van der Waals surface area contributed by atoms with Gasteiger partial charge < -0.3 is 10.2 Å². The molecule has 0 aliphatic heterocycles. The van der Waals surface area contributed by atoms with E-state index in [1.807, 2.05) is 37.3 Å². The molecule has 0 saturated heterocycles. The zero-order valence-electron chi connectivity index (χ0n) is 19.0. The van der Waals surface area contributed by atoms with Crippen molar-refractivity contribution in [3.63, 3.8) is 0 Å². The van der Waals surface area contributed by atoms with E-state index in [0.717, 1.165) is 36.8 Å². The van der Waals surface area contributed by atoms with Crippen LogP contribution in [-0.4, -0.2) is 28.8 Å². The number of carbonyl (C=O) groups excluding carboxylic acids is 2. The standard InChI is InChI=1S/C26H31Cl3N2O2/c1-2-24(26(33)30-21-9-4-3-5-10-21)31(17-19-12-14-20(27)16-23(19)29)25(32)15-13-18-8-6-7-11-22(18)28/h6-8,11-12,14,16,21,24H,2-5,9-10,13,15,17H2,1H3,(H,30,33). The van der Waals surface area contributed by atoms with Crippen molar-refractivity contribution >= 4 is 46.6 Å². The number of benzene rings is 2. The highest BCUT2D eigenvalue weighted by atomic mass is 35.5. The van der Waals surface area contributed by atoms with Crippen molar-refractivity contribution in [2.45, 2.75) is 76.9 Å². The third-order valence-electron chi connectivity index (χ3n) is 6.26. The number of nitrogens with one attached hydrogen (secondary N) is 1. The van der Waals surface area contributed by atoms with Crippen molar-refractivity contribution in [3.05, 3.63) is 68.7 Å². The minimum atomic E-state index is -0.572. The van der Waals surface area contributed by atoms with Crippen LogP contribution in [0, 0.1) is 0 Å². The van der Waals surface area contributed by atoms with E-state index in [-0.39, 0.29) is 30.8 Å². The number of hydrogen-bond donors (Lipinski definition) is 1. The Kier molecular flexibility index (Phi) is 9.91. The van der Waals surface area contributed by atoms with Gasteiger partial charge in [0.1, 0.15) is 6.04 Å². The number of carbonyl (C=O) groups is 2. The van der Waals surface area contributed by atoms with Gasteiger partial charge in [0.2, 0.25) is 11.8 Å². The number of hydrogen-bond acceptors (Lipinski definition) is 2. The average molecular weight is 510 g/mol. The van der Waals surface area contributed by atoms with Gasteiger partial charge in [-0.3, -0.25) is 9.59 Å². The normalized spacial score (nSPS) is 15.2. The molecule has 0 heterocycles. The van der Waals surface area contributed by atoms with Gasteiger partial charge in [0.05, 0.1) is 0 Å². The molecule has 1 unspecified atom stereocenters. The number of halogens is 3. The Morgan fingerprint density at radius 1 is 1.00 bits per heavy atom. The van der Waals surface area contributed by atoms with Gasteiger partial charge >= 0.3 is 0 Å². The summed E-state index contributed by atoms with van der Waals surface area (Å²) in [6.07, 6.45) is 6.72. The predicted molar refractivity (Wildman–Crippen MR) is 136 cm³/mol. The second-order valence-corrected chi connectivity index (χ2v) is 9.87. The first-order valence-electron chi connectivity index (χ1n) is 11.7. The molecule has 2 amide bonds. The van der Waals surface area contributed by atoms with Crippen molar-refractivity contribution in [2.24, 2.45) is 0 Å². The van der Waals surface area contributed by atoms with Gasteiger partial charge in [0.25, 0.3) is 0 Å². The lowest BCUT2D eigenvalue weighted by Gasteiger charge is -2.33. The largest absolute Gasteiger partial charge is 0.352 e. The lowest BCUT2D eigenvalue weighted by Crippen LogP contribution is -2.51. The van der Waals surface area contributed by atoms with Crippen molar-refractivity contribution in [1.29, 1.82) is 0 Å². The molecule has 1 N–H and O–H groups in total. The van der Waals surface area contributed by atoms with E-state index in [1.54, 1.807) is 17.0 Å². The van der Waals surface area contributed by atoms with Crippen molar-refractivity contribution in [1.82, 2.24) is 10.2 Å². The molecule has 33 heavy (non-hydrogen) atoms. The fraction of sp³-hybridized carbons (Fsp3) is 0.462. The van der Waals surface area contributed by atoms with Crippen LogP contribution >= 0.6 is 34.8 Å². The Bertz CT molecular complexity index is 960. The monoisotopic (exact) mass is 508 g/mol. The number of aryl methyl sites for hydroxylation is 1. The minimum absolute atomic E-state index is 0.0967. The fourth-order valence-electron chi connectivity index (χ4n) is 4.38. The Morgan fingerprint density at radius 2 is 1.73 bits per heavy atom. The van der Waals surface area contributed by atoms with E-state index >= 15 is 0 Å². The molecule has 2 aromatic carbocycles. The molecular weight excluding hydrogens is 479 g/mol. The SMILES string of the molecule is CCC(C(=O)NC1CCCCC1)N(Cc1ccc(Cl)cc1Cl)C(=O)CCc1ccccc1Cl. The van der Waals surface area contributed by atoms with E-state index in [0.29, 0.717) is 27.9 Å². The molecule has 1 fully saturated rings. The second kappa shape index (κ2) is 12.6. The molecule has 0 bridgehead atoms.